The molecule has 2 aliphatic rings. The van der Waals surface area contributed by atoms with E-state index in [0.717, 1.165) is 55.7 Å². The summed E-state index contributed by atoms with van der Waals surface area (Å²) < 4.78 is 5.70. The normalized spacial score (nSPS) is 18.3. The number of benzene rings is 1. The molecule has 1 fully saturated rings. The lowest BCUT2D eigenvalue weighted by Crippen LogP contribution is -2.40. The van der Waals surface area contributed by atoms with Crippen LogP contribution >= 0.6 is 0 Å². The van der Waals surface area contributed by atoms with Crippen LogP contribution in [0.3, 0.4) is 0 Å². The summed E-state index contributed by atoms with van der Waals surface area (Å²) in [4.78, 5) is 30.0. The molecule has 0 unspecified atom stereocenters. The van der Waals surface area contributed by atoms with E-state index in [1.807, 2.05) is 30.9 Å². The van der Waals surface area contributed by atoms with E-state index < -0.39 is 0 Å². The zero-order valence-electron chi connectivity index (χ0n) is 18.5. The van der Waals surface area contributed by atoms with Gasteiger partial charge in [0.25, 0.3) is 5.91 Å². The lowest BCUT2D eigenvalue weighted by Gasteiger charge is -2.36. The zero-order chi connectivity index (χ0) is 21.8. The zero-order valence-corrected chi connectivity index (χ0v) is 18.5. The molecule has 0 radical (unpaired) electrons. The molecular formula is C24H32N4O3. The predicted molar refractivity (Wildman–Crippen MR) is 118 cm³/mol. The Bertz CT molecular complexity index is 935. The number of aryl methyl sites for hydroxylation is 1. The maximum absolute atomic E-state index is 13.3. The SMILES string of the molecule is CCN(CC)C(=O)c1cn[nH]c1[C@@H]1CCCCN1C(=O)Cc1ccc2c(c1)CCCO2. The lowest BCUT2D eigenvalue weighted by atomic mass is 9.95. The maximum atomic E-state index is 13.3. The standard InChI is InChI=1S/C24H32N4O3/c1-3-27(4-2)24(30)19-16-25-26-23(19)20-9-5-6-12-28(20)22(29)15-17-10-11-21-18(14-17)8-7-13-31-21/h10-11,14,16,20H,3-9,12-13,15H2,1-2H3,(H,25,26)/t20-/m0/s1. The van der Waals surface area contributed by atoms with E-state index in [0.29, 0.717) is 31.6 Å². The van der Waals surface area contributed by atoms with E-state index in [-0.39, 0.29) is 17.9 Å². The highest BCUT2D eigenvalue weighted by atomic mass is 16.5. The molecule has 7 heteroatoms. The number of carbonyl (C=O) groups excluding carboxylic acids is 2. The summed E-state index contributed by atoms with van der Waals surface area (Å²) in [7, 11) is 0. The molecule has 3 heterocycles. The van der Waals surface area contributed by atoms with Gasteiger partial charge in [0.05, 0.1) is 36.5 Å². The summed E-state index contributed by atoms with van der Waals surface area (Å²) in [5.74, 6) is 1.01. The summed E-state index contributed by atoms with van der Waals surface area (Å²) in [5.41, 5.74) is 3.55. The Morgan fingerprint density at radius 3 is 2.87 bits per heavy atom. The first-order chi connectivity index (χ1) is 15.1. The third-order valence-corrected chi connectivity index (χ3v) is 6.43. The van der Waals surface area contributed by atoms with Crippen LogP contribution in [-0.4, -0.2) is 58.1 Å². The van der Waals surface area contributed by atoms with E-state index in [4.69, 9.17) is 4.74 Å². The smallest absolute Gasteiger partial charge is 0.257 e. The van der Waals surface area contributed by atoms with Crippen LogP contribution in [0.1, 0.15) is 72.8 Å². The summed E-state index contributed by atoms with van der Waals surface area (Å²) in [6.07, 6.45) is 6.82. The maximum Gasteiger partial charge on any atom is 0.257 e. The van der Waals surface area contributed by atoms with E-state index in [2.05, 4.69) is 16.3 Å². The van der Waals surface area contributed by atoms with Gasteiger partial charge in [-0.25, -0.2) is 0 Å². The molecule has 31 heavy (non-hydrogen) atoms. The molecule has 0 bridgehead atoms. The van der Waals surface area contributed by atoms with Crippen LogP contribution in [0.15, 0.2) is 24.4 Å². The Morgan fingerprint density at radius 1 is 1.23 bits per heavy atom. The number of H-pyrrole nitrogens is 1. The van der Waals surface area contributed by atoms with Gasteiger partial charge in [0, 0.05) is 19.6 Å². The van der Waals surface area contributed by atoms with Gasteiger partial charge in [-0.3, -0.25) is 14.7 Å². The van der Waals surface area contributed by atoms with Gasteiger partial charge in [0.1, 0.15) is 5.75 Å². The topological polar surface area (TPSA) is 78.5 Å². The predicted octanol–water partition coefficient (Wildman–Crippen LogP) is 3.51. The highest BCUT2D eigenvalue weighted by Gasteiger charge is 2.33. The Morgan fingerprint density at radius 2 is 2.06 bits per heavy atom. The number of aromatic amines is 1. The number of likely N-dealkylation sites (tertiary alicyclic amines) is 1. The summed E-state index contributed by atoms with van der Waals surface area (Å²) in [6, 6.07) is 5.95. The van der Waals surface area contributed by atoms with Crippen molar-refractivity contribution in [2.45, 2.75) is 58.4 Å². The van der Waals surface area contributed by atoms with Gasteiger partial charge in [-0.15, -0.1) is 0 Å². The van der Waals surface area contributed by atoms with Crippen molar-refractivity contribution in [2.75, 3.05) is 26.2 Å². The minimum absolute atomic E-state index is 0.0265. The largest absolute Gasteiger partial charge is 0.493 e. The summed E-state index contributed by atoms with van der Waals surface area (Å²) in [6.45, 7) is 6.71. The monoisotopic (exact) mass is 424 g/mol. The molecule has 1 aromatic carbocycles. The van der Waals surface area contributed by atoms with E-state index in [1.165, 1.54) is 5.56 Å². The molecule has 7 nitrogen and oxygen atoms in total. The number of rotatable bonds is 6. The molecule has 1 atom stereocenters. The number of amides is 2. The number of fused-ring (bicyclic) bond motifs is 1. The molecule has 1 aromatic heterocycles. The van der Waals surface area contributed by atoms with Gasteiger partial charge in [-0.1, -0.05) is 12.1 Å². The van der Waals surface area contributed by atoms with Gasteiger partial charge >= 0.3 is 0 Å². The highest BCUT2D eigenvalue weighted by molar-refractivity contribution is 5.95. The van der Waals surface area contributed by atoms with Crippen molar-refractivity contribution in [3.8, 4) is 5.75 Å². The number of hydrogen-bond donors (Lipinski definition) is 1. The number of piperidine rings is 1. The molecule has 2 aromatic rings. The van der Waals surface area contributed by atoms with Crippen LogP contribution in [0.25, 0.3) is 0 Å². The average molecular weight is 425 g/mol. The molecule has 166 valence electrons. The fourth-order valence-electron chi connectivity index (χ4n) is 4.73. The minimum atomic E-state index is -0.140. The summed E-state index contributed by atoms with van der Waals surface area (Å²) in [5, 5.41) is 7.21. The molecule has 1 saturated heterocycles. The molecule has 0 aliphatic carbocycles. The van der Waals surface area contributed by atoms with Crippen molar-refractivity contribution in [1.29, 1.82) is 0 Å². The van der Waals surface area contributed by atoms with Crippen molar-refractivity contribution in [1.82, 2.24) is 20.0 Å². The van der Waals surface area contributed by atoms with Gasteiger partial charge in [-0.05, 0) is 63.1 Å². The van der Waals surface area contributed by atoms with Crippen molar-refractivity contribution < 1.29 is 14.3 Å². The Labute approximate surface area is 183 Å². The van der Waals surface area contributed by atoms with Crippen LogP contribution in [0.4, 0.5) is 0 Å². The molecule has 0 saturated carbocycles. The van der Waals surface area contributed by atoms with Gasteiger partial charge in [0.2, 0.25) is 5.91 Å². The minimum Gasteiger partial charge on any atom is -0.493 e. The van der Waals surface area contributed by atoms with E-state index >= 15 is 0 Å². The first-order valence-electron chi connectivity index (χ1n) is 11.5. The van der Waals surface area contributed by atoms with E-state index in [9.17, 15) is 9.59 Å². The Balaban J connectivity index is 1.54. The van der Waals surface area contributed by atoms with Crippen molar-refractivity contribution >= 4 is 11.8 Å². The van der Waals surface area contributed by atoms with Gasteiger partial charge in [-0.2, -0.15) is 5.10 Å². The molecule has 2 aliphatic heterocycles. The number of ether oxygens (including phenoxy) is 1. The van der Waals surface area contributed by atoms with Crippen molar-refractivity contribution in [2.24, 2.45) is 0 Å². The first kappa shape index (κ1) is 21.4. The van der Waals surface area contributed by atoms with Crippen LogP contribution < -0.4 is 4.74 Å². The molecule has 1 N–H and O–H groups in total. The number of nitrogens with zero attached hydrogens (tertiary/aromatic N) is 3. The number of hydrogen-bond acceptors (Lipinski definition) is 4. The van der Waals surface area contributed by atoms with Crippen LogP contribution in [0.5, 0.6) is 5.75 Å². The van der Waals surface area contributed by atoms with E-state index in [1.54, 1.807) is 11.1 Å². The second kappa shape index (κ2) is 9.54. The molecule has 0 spiro atoms. The third kappa shape index (κ3) is 4.45. The Hall–Kier alpha value is -2.83. The second-order valence-corrected chi connectivity index (χ2v) is 8.34. The number of nitrogens with one attached hydrogen (secondary N) is 1. The van der Waals surface area contributed by atoms with Crippen LogP contribution in [0.2, 0.25) is 0 Å². The first-order valence-corrected chi connectivity index (χ1v) is 11.5. The van der Waals surface area contributed by atoms with Crippen molar-refractivity contribution in [3.05, 3.63) is 46.8 Å². The third-order valence-electron chi connectivity index (χ3n) is 6.43. The van der Waals surface area contributed by atoms with Crippen LogP contribution in [-0.2, 0) is 17.6 Å². The quantitative estimate of drug-likeness (QED) is 0.770. The summed E-state index contributed by atoms with van der Waals surface area (Å²) >= 11 is 0. The van der Waals surface area contributed by atoms with Gasteiger partial charge in [0.15, 0.2) is 0 Å². The van der Waals surface area contributed by atoms with Crippen molar-refractivity contribution in [3.63, 3.8) is 0 Å². The van der Waals surface area contributed by atoms with Crippen LogP contribution in [0, 0.1) is 0 Å². The fraction of sp³-hybridized carbons (Fsp3) is 0.542. The number of aromatic nitrogens is 2. The molecular weight excluding hydrogens is 392 g/mol. The lowest BCUT2D eigenvalue weighted by molar-refractivity contribution is -0.134. The number of carbonyl (C=O) groups is 2. The highest BCUT2D eigenvalue weighted by Crippen LogP contribution is 2.33. The second-order valence-electron chi connectivity index (χ2n) is 8.34. The molecule has 2 amide bonds. The van der Waals surface area contributed by atoms with Gasteiger partial charge < -0.3 is 14.5 Å². The molecule has 4 rings (SSSR count). The average Bonchev–Trinajstić information content (AvgIpc) is 3.29. The fourth-order valence-corrected chi connectivity index (χ4v) is 4.73. The Kier molecular flexibility index (Phi) is 6.59.